The minimum absolute atomic E-state index is 0.139. The molecule has 0 spiro atoms. The first-order chi connectivity index (χ1) is 5.23. The van der Waals surface area contributed by atoms with Gasteiger partial charge in [-0.3, -0.25) is 4.84 Å². The summed E-state index contributed by atoms with van der Waals surface area (Å²) in [5.41, 5.74) is -0.287. The lowest BCUT2D eigenvalue weighted by molar-refractivity contribution is -0.199. The normalized spacial score (nSPS) is 44.7. The molecule has 64 valence electrons. The number of aliphatic hydroxyl groups is 1. The van der Waals surface area contributed by atoms with Gasteiger partial charge in [-0.05, 0) is 26.2 Å². The van der Waals surface area contributed by atoms with Gasteiger partial charge in [0.2, 0.25) is 0 Å². The lowest BCUT2D eigenvalue weighted by Crippen LogP contribution is -2.31. The summed E-state index contributed by atoms with van der Waals surface area (Å²) in [7, 11) is 0. The predicted molar refractivity (Wildman–Crippen MR) is 40.9 cm³/mol. The molecule has 0 bridgehead atoms. The Kier molecular flexibility index (Phi) is 1.67. The maximum atomic E-state index is 9.03. The Morgan fingerprint density at radius 3 is 3.18 bits per heavy atom. The summed E-state index contributed by atoms with van der Waals surface area (Å²) in [5.74, 6) is 0. The van der Waals surface area contributed by atoms with E-state index >= 15 is 0 Å². The first-order valence-electron chi connectivity index (χ1n) is 4.30. The monoisotopic (exact) mass is 157 g/mol. The first-order valence-corrected chi connectivity index (χ1v) is 4.30. The average molecular weight is 157 g/mol. The highest BCUT2D eigenvalue weighted by molar-refractivity contribution is 4.90. The van der Waals surface area contributed by atoms with Gasteiger partial charge in [0.1, 0.15) is 5.60 Å². The molecule has 0 radical (unpaired) electrons. The van der Waals surface area contributed by atoms with E-state index in [-0.39, 0.29) is 12.2 Å². The van der Waals surface area contributed by atoms with Crippen LogP contribution in [-0.2, 0) is 4.84 Å². The number of fused-ring (bicyclic) bond motifs is 1. The molecule has 0 unspecified atom stereocenters. The molecule has 0 aromatic heterocycles. The van der Waals surface area contributed by atoms with E-state index in [2.05, 4.69) is 0 Å². The summed E-state index contributed by atoms with van der Waals surface area (Å²) < 4.78 is 0. The molecule has 2 fully saturated rings. The van der Waals surface area contributed by atoms with E-state index in [0.29, 0.717) is 6.04 Å². The summed E-state index contributed by atoms with van der Waals surface area (Å²) in [6.45, 7) is 3.16. The molecule has 3 heteroatoms. The van der Waals surface area contributed by atoms with Gasteiger partial charge in [0.15, 0.2) is 0 Å². The highest BCUT2D eigenvalue weighted by atomic mass is 16.7. The molecule has 3 nitrogen and oxygen atoms in total. The van der Waals surface area contributed by atoms with Crippen LogP contribution in [0.1, 0.15) is 26.2 Å². The zero-order valence-electron chi connectivity index (χ0n) is 6.92. The van der Waals surface area contributed by atoms with Crippen LogP contribution in [-0.4, -0.2) is 35.0 Å². The third-order valence-corrected chi connectivity index (χ3v) is 2.66. The highest BCUT2D eigenvalue weighted by Crippen LogP contribution is 2.36. The predicted octanol–water partition coefficient (Wildman–Crippen LogP) is 0.537. The van der Waals surface area contributed by atoms with Crippen LogP contribution in [0.15, 0.2) is 0 Å². The van der Waals surface area contributed by atoms with Crippen LogP contribution in [0.2, 0.25) is 0 Å². The van der Waals surface area contributed by atoms with Gasteiger partial charge >= 0.3 is 0 Å². The molecule has 1 N–H and O–H groups in total. The maximum absolute atomic E-state index is 9.03. The van der Waals surface area contributed by atoms with Gasteiger partial charge in [-0.2, -0.15) is 5.06 Å². The number of hydroxylamine groups is 2. The van der Waals surface area contributed by atoms with Crippen molar-refractivity contribution in [3.05, 3.63) is 0 Å². The van der Waals surface area contributed by atoms with Gasteiger partial charge in [0.25, 0.3) is 0 Å². The minimum Gasteiger partial charge on any atom is -0.393 e. The van der Waals surface area contributed by atoms with Crippen molar-refractivity contribution in [3.8, 4) is 0 Å². The van der Waals surface area contributed by atoms with Crippen molar-refractivity contribution in [2.45, 2.75) is 37.8 Å². The molecular formula is C8H15NO2. The fourth-order valence-corrected chi connectivity index (χ4v) is 2.05. The fourth-order valence-electron chi connectivity index (χ4n) is 2.05. The van der Waals surface area contributed by atoms with Crippen molar-refractivity contribution in [1.29, 1.82) is 0 Å². The van der Waals surface area contributed by atoms with Crippen LogP contribution in [0.25, 0.3) is 0 Å². The number of hydrogen-bond donors (Lipinski definition) is 1. The number of aliphatic hydroxyl groups excluding tert-OH is 1. The second-order valence-electron chi connectivity index (χ2n) is 3.84. The third-order valence-electron chi connectivity index (χ3n) is 2.66. The summed E-state index contributed by atoms with van der Waals surface area (Å²) >= 11 is 0. The van der Waals surface area contributed by atoms with Crippen molar-refractivity contribution in [1.82, 2.24) is 5.06 Å². The Morgan fingerprint density at radius 2 is 2.55 bits per heavy atom. The van der Waals surface area contributed by atoms with E-state index in [0.717, 1.165) is 13.0 Å². The highest BCUT2D eigenvalue weighted by Gasteiger charge is 2.43. The van der Waals surface area contributed by atoms with Crippen LogP contribution in [0.4, 0.5) is 0 Å². The van der Waals surface area contributed by atoms with E-state index in [1.165, 1.54) is 12.8 Å². The molecule has 0 aromatic carbocycles. The molecule has 0 amide bonds. The van der Waals surface area contributed by atoms with Crippen LogP contribution in [0.5, 0.6) is 0 Å². The SMILES string of the molecule is C[C@@]1(CO)C[C@@H]2CCCN2O1. The second-order valence-corrected chi connectivity index (χ2v) is 3.84. The van der Waals surface area contributed by atoms with Crippen LogP contribution >= 0.6 is 0 Å². The maximum Gasteiger partial charge on any atom is 0.112 e. The van der Waals surface area contributed by atoms with Crippen molar-refractivity contribution in [2.75, 3.05) is 13.2 Å². The average Bonchev–Trinajstić information content (AvgIpc) is 2.46. The molecule has 2 aliphatic rings. The largest absolute Gasteiger partial charge is 0.393 e. The lowest BCUT2D eigenvalue weighted by Gasteiger charge is -2.21. The van der Waals surface area contributed by atoms with E-state index in [1.54, 1.807) is 0 Å². The Morgan fingerprint density at radius 1 is 1.73 bits per heavy atom. The van der Waals surface area contributed by atoms with Gasteiger partial charge in [-0.1, -0.05) is 0 Å². The number of rotatable bonds is 1. The molecule has 0 aromatic rings. The van der Waals surface area contributed by atoms with Crippen molar-refractivity contribution < 1.29 is 9.94 Å². The van der Waals surface area contributed by atoms with Crippen molar-refractivity contribution >= 4 is 0 Å². The molecule has 0 saturated carbocycles. The molecule has 2 atom stereocenters. The number of nitrogens with zero attached hydrogens (tertiary/aromatic N) is 1. The summed E-state index contributed by atoms with van der Waals surface area (Å²) in [6, 6.07) is 0.576. The summed E-state index contributed by atoms with van der Waals surface area (Å²) in [5, 5.41) is 11.1. The van der Waals surface area contributed by atoms with Crippen molar-refractivity contribution in [2.24, 2.45) is 0 Å². The van der Waals surface area contributed by atoms with Crippen LogP contribution in [0.3, 0.4) is 0 Å². The molecule has 2 saturated heterocycles. The summed E-state index contributed by atoms with van der Waals surface area (Å²) in [6.07, 6.45) is 3.46. The second kappa shape index (κ2) is 2.44. The fraction of sp³-hybridized carbons (Fsp3) is 1.00. The van der Waals surface area contributed by atoms with Gasteiger partial charge in [-0.15, -0.1) is 0 Å². The zero-order chi connectivity index (χ0) is 7.90. The molecule has 0 aliphatic carbocycles. The van der Waals surface area contributed by atoms with Gasteiger partial charge in [0.05, 0.1) is 6.61 Å². The van der Waals surface area contributed by atoms with Gasteiger partial charge in [0, 0.05) is 12.6 Å². The van der Waals surface area contributed by atoms with E-state index < -0.39 is 0 Å². The third kappa shape index (κ3) is 1.17. The standard InChI is InChI=1S/C8H15NO2/c1-8(6-10)5-7-3-2-4-9(7)11-8/h7,10H,2-6H2,1H3/t7-,8-/m0/s1. The van der Waals surface area contributed by atoms with E-state index in [9.17, 15) is 0 Å². The Hall–Kier alpha value is -0.120. The van der Waals surface area contributed by atoms with Crippen LogP contribution < -0.4 is 0 Å². The quantitative estimate of drug-likeness (QED) is 0.603. The Balaban J connectivity index is 2.04. The molecule has 2 rings (SSSR count). The Labute approximate surface area is 66.9 Å². The topological polar surface area (TPSA) is 32.7 Å². The molecule has 2 heterocycles. The number of hydrogen-bond acceptors (Lipinski definition) is 3. The first kappa shape index (κ1) is 7.53. The van der Waals surface area contributed by atoms with Gasteiger partial charge < -0.3 is 5.11 Å². The van der Waals surface area contributed by atoms with Gasteiger partial charge in [-0.25, -0.2) is 0 Å². The Bertz CT molecular complexity index is 148. The lowest BCUT2D eigenvalue weighted by atomic mass is 9.98. The molecule has 2 aliphatic heterocycles. The smallest absolute Gasteiger partial charge is 0.112 e. The molecule has 11 heavy (non-hydrogen) atoms. The summed E-state index contributed by atoms with van der Waals surface area (Å²) in [4.78, 5) is 5.61. The van der Waals surface area contributed by atoms with E-state index in [4.69, 9.17) is 9.94 Å². The van der Waals surface area contributed by atoms with Crippen molar-refractivity contribution in [3.63, 3.8) is 0 Å². The van der Waals surface area contributed by atoms with E-state index in [1.807, 2.05) is 12.0 Å². The zero-order valence-corrected chi connectivity index (χ0v) is 6.92. The minimum atomic E-state index is -0.287. The van der Waals surface area contributed by atoms with Crippen LogP contribution in [0, 0.1) is 0 Å². The molecular weight excluding hydrogens is 142 g/mol.